The summed E-state index contributed by atoms with van der Waals surface area (Å²) >= 11 is 0.00936. The Labute approximate surface area is 108 Å². The first-order valence-electron chi connectivity index (χ1n) is 6.33. The number of unbranched alkanes of at least 4 members (excludes halogenated alkanes) is 1. The first-order valence-corrected chi connectivity index (χ1v) is 7.89. The van der Waals surface area contributed by atoms with Crippen molar-refractivity contribution in [3.05, 3.63) is 43.2 Å². The second kappa shape index (κ2) is 5.84. The second-order valence-corrected chi connectivity index (χ2v) is 6.88. The van der Waals surface area contributed by atoms with Crippen molar-refractivity contribution in [2.75, 3.05) is 0 Å². The molecule has 0 bridgehead atoms. The van der Waals surface area contributed by atoms with Gasteiger partial charge in [-0.05, 0) is 0 Å². The third-order valence-corrected chi connectivity index (χ3v) is 5.99. The van der Waals surface area contributed by atoms with Crippen molar-refractivity contribution in [3.63, 3.8) is 0 Å². The topological polar surface area (TPSA) is 0 Å². The van der Waals surface area contributed by atoms with E-state index in [1.165, 1.54) is 32.1 Å². The summed E-state index contributed by atoms with van der Waals surface area (Å²) in [4.78, 5) is 0. The van der Waals surface area contributed by atoms with Crippen LogP contribution in [0.15, 0.2) is 43.2 Å². The molecule has 2 rings (SSSR count). The van der Waals surface area contributed by atoms with E-state index in [1.54, 1.807) is 18.9 Å². The number of allylic oxidation sites excluding steroid dienone is 8. The molecule has 0 aliphatic heterocycles. The zero-order valence-electron chi connectivity index (χ0n) is 10.3. The van der Waals surface area contributed by atoms with Crippen LogP contribution in [0.1, 0.15) is 46.0 Å². The van der Waals surface area contributed by atoms with Gasteiger partial charge in [0, 0.05) is 0 Å². The third-order valence-electron chi connectivity index (χ3n) is 3.30. The summed E-state index contributed by atoms with van der Waals surface area (Å²) in [5.74, 6) is 0. The zero-order chi connectivity index (χ0) is 11.4. The minimum absolute atomic E-state index is 0.00936. The number of hydrogen-bond donors (Lipinski definition) is 0. The van der Waals surface area contributed by atoms with Crippen molar-refractivity contribution >= 4 is 0 Å². The molecule has 1 heteroatoms. The molecule has 0 unspecified atom stereocenters. The van der Waals surface area contributed by atoms with Crippen molar-refractivity contribution in [2.45, 2.75) is 46.0 Å². The zero-order valence-corrected chi connectivity index (χ0v) is 11.9. The van der Waals surface area contributed by atoms with Gasteiger partial charge >= 0.3 is 108 Å². The van der Waals surface area contributed by atoms with Crippen LogP contribution in [0.5, 0.6) is 0 Å². The van der Waals surface area contributed by atoms with Crippen molar-refractivity contribution in [1.29, 1.82) is 0 Å². The molecule has 0 aromatic rings. The molecule has 0 heterocycles. The second-order valence-electron chi connectivity index (χ2n) is 4.61. The molecule has 0 spiro atoms. The van der Waals surface area contributed by atoms with Gasteiger partial charge in [0.2, 0.25) is 0 Å². The van der Waals surface area contributed by atoms with E-state index in [0.717, 1.165) is 0 Å². The fraction of sp³-hybridized carbons (Fsp3) is 0.467. The van der Waals surface area contributed by atoms with Crippen LogP contribution in [0.2, 0.25) is 0 Å². The monoisotopic (exact) mass is 248 g/mol. The van der Waals surface area contributed by atoms with Crippen molar-refractivity contribution in [1.82, 2.24) is 0 Å². The molecule has 0 amide bonds. The molecule has 0 saturated heterocycles. The summed E-state index contributed by atoms with van der Waals surface area (Å²) < 4.78 is 3.55. The van der Waals surface area contributed by atoms with Crippen LogP contribution in [-0.4, -0.2) is 0 Å². The van der Waals surface area contributed by atoms with Crippen LogP contribution < -0.4 is 0 Å². The standard InChI is InChI=1S/C9H13.C6H7.Ti/c1-2-3-6-9-7-4-5-8-9;1-6-4-2-3-5-6;/h4,7H,2-3,5-6H2,1H3;2,4H,3H2,1H3;. The van der Waals surface area contributed by atoms with Gasteiger partial charge in [-0.15, -0.1) is 0 Å². The van der Waals surface area contributed by atoms with Gasteiger partial charge in [0.25, 0.3) is 0 Å². The van der Waals surface area contributed by atoms with Crippen LogP contribution in [0.25, 0.3) is 0 Å². The Morgan fingerprint density at radius 1 is 1.12 bits per heavy atom. The molecule has 0 radical (unpaired) electrons. The van der Waals surface area contributed by atoms with Gasteiger partial charge in [-0.2, -0.15) is 0 Å². The Bertz CT molecular complexity index is 380. The Morgan fingerprint density at radius 2 is 1.88 bits per heavy atom. The van der Waals surface area contributed by atoms with Crippen LogP contribution in [-0.2, 0) is 19.2 Å². The van der Waals surface area contributed by atoms with Crippen molar-refractivity contribution < 1.29 is 19.2 Å². The predicted molar refractivity (Wildman–Crippen MR) is 66.8 cm³/mol. The number of hydrogen-bond acceptors (Lipinski definition) is 0. The molecule has 0 aromatic carbocycles. The van der Waals surface area contributed by atoms with Crippen LogP contribution in [0, 0.1) is 0 Å². The summed E-state index contributed by atoms with van der Waals surface area (Å²) in [6.45, 7) is 4.56. The van der Waals surface area contributed by atoms with Gasteiger partial charge < -0.3 is 0 Å². The first kappa shape index (κ1) is 12.1. The summed E-state index contributed by atoms with van der Waals surface area (Å²) in [7, 11) is 0. The Balaban J connectivity index is 2.01. The fourth-order valence-corrected chi connectivity index (χ4v) is 4.50. The molecule has 84 valence electrons. The predicted octanol–water partition coefficient (Wildman–Crippen LogP) is 4.71. The van der Waals surface area contributed by atoms with Crippen LogP contribution in [0.3, 0.4) is 0 Å². The van der Waals surface area contributed by atoms with Gasteiger partial charge in [-0.25, -0.2) is 0 Å². The van der Waals surface area contributed by atoms with E-state index in [4.69, 9.17) is 0 Å². The van der Waals surface area contributed by atoms with Crippen LogP contribution >= 0.6 is 0 Å². The molecule has 2 aliphatic carbocycles. The summed E-state index contributed by atoms with van der Waals surface area (Å²) in [6, 6.07) is 0. The molecule has 0 nitrogen and oxygen atoms in total. The van der Waals surface area contributed by atoms with Crippen molar-refractivity contribution in [2.24, 2.45) is 0 Å². The summed E-state index contributed by atoms with van der Waals surface area (Å²) in [6.07, 6.45) is 15.8. The molecule has 2 aliphatic rings. The minimum atomic E-state index is 0.00936. The average molecular weight is 248 g/mol. The van der Waals surface area contributed by atoms with E-state index in [-0.39, 0.29) is 19.2 Å². The van der Waals surface area contributed by atoms with E-state index >= 15 is 0 Å². The summed E-state index contributed by atoms with van der Waals surface area (Å²) in [5, 5.41) is 0. The third kappa shape index (κ3) is 2.87. The van der Waals surface area contributed by atoms with Crippen molar-refractivity contribution in [3.8, 4) is 0 Å². The summed E-state index contributed by atoms with van der Waals surface area (Å²) in [5.41, 5.74) is 3.23. The Morgan fingerprint density at radius 3 is 2.56 bits per heavy atom. The van der Waals surface area contributed by atoms with Crippen LogP contribution in [0.4, 0.5) is 0 Å². The molecule has 0 fully saturated rings. The average Bonchev–Trinajstić information content (AvgIpc) is 2.87. The van der Waals surface area contributed by atoms with Gasteiger partial charge in [-0.1, -0.05) is 0 Å². The molecule has 16 heavy (non-hydrogen) atoms. The SMILES string of the molecule is CCCCC1=[C]([Ti][C]2=C(C)C=CC2)CC=C1. The van der Waals surface area contributed by atoms with E-state index in [2.05, 4.69) is 38.2 Å². The molecule has 0 aromatic heterocycles. The van der Waals surface area contributed by atoms with Gasteiger partial charge in [0.15, 0.2) is 0 Å². The van der Waals surface area contributed by atoms with E-state index in [1.807, 2.05) is 0 Å². The van der Waals surface area contributed by atoms with Gasteiger partial charge in [-0.3, -0.25) is 0 Å². The van der Waals surface area contributed by atoms with Gasteiger partial charge in [0.05, 0.1) is 0 Å². The van der Waals surface area contributed by atoms with Gasteiger partial charge in [0.1, 0.15) is 0 Å². The molecule has 0 atom stereocenters. The molecule has 0 saturated carbocycles. The number of rotatable bonds is 5. The van der Waals surface area contributed by atoms with E-state index in [9.17, 15) is 0 Å². The maximum absolute atomic E-state index is 2.38. The molecular weight excluding hydrogens is 228 g/mol. The maximum atomic E-state index is 2.38. The Kier molecular flexibility index (Phi) is 4.43. The van der Waals surface area contributed by atoms with E-state index < -0.39 is 0 Å². The normalized spacial score (nSPS) is 19.1. The Hall–Kier alpha value is -0.326. The fourth-order valence-electron chi connectivity index (χ4n) is 2.23. The quantitative estimate of drug-likeness (QED) is 0.618. The molecular formula is C15H20Ti. The molecule has 0 N–H and O–H groups in total. The van der Waals surface area contributed by atoms with E-state index in [0.29, 0.717) is 0 Å². The first-order chi connectivity index (χ1) is 7.81.